The number of sulfonamides is 1. The lowest BCUT2D eigenvalue weighted by Crippen LogP contribution is -2.26. The molecule has 0 fully saturated rings. The van der Waals surface area contributed by atoms with Crippen LogP contribution in [0.25, 0.3) is 0 Å². The minimum absolute atomic E-state index is 0.117. The SMILES string of the molecule is CCc1nc(CCNS(=O)(=O)c2ccc(OC)c(Cl)c2)cs1. The summed E-state index contributed by atoms with van der Waals surface area (Å²) >= 11 is 7.55. The van der Waals surface area contributed by atoms with Crippen LogP contribution in [0.2, 0.25) is 5.02 Å². The second-order valence-electron chi connectivity index (χ2n) is 4.53. The van der Waals surface area contributed by atoms with Crippen LogP contribution in [0, 0.1) is 0 Å². The molecule has 1 aromatic carbocycles. The van der Waals surface area contributed by atoms with Crippen LogP contribution in [0.5, 0.6) is 5.75 Å². The summed E-state index contributed by atoms with van der Waals surface area (Å²) in [6.45, 7) is 2.33. The van der Waals surface area contributed by atoms with Crippen molar-refractivity contribution in [1.82, 2.24) is 9.71 Å². The van der Waals surface area contributed by atoms with Crippen LogP contribution in [-0.4, -0.2) is 27.1 Å². The second-order valence-corrected chi connectivity index (χ2v) is 7.65. The Kier molecular flexibility index (Phi) is 5.80. The van der Waals surface area contributed by atoms with Crippen LogP contribution in [0.4, 0.5) is 0 Å². The Balaban J connectivity index is 2.00. The lowest BCUT2D eigenvalue weighted by molar-refractivity contribution is 0.414. The van der Waals surface area contributed by atoms with Crippen molar-refractivity contribution < 1.29 is 13.2 Å². The highest BCUT2D eigenvalue weighted by Gasteiger charge is 2.15. The summed E-state index contributed by atoms with van der Waals surface area (Å²) in [7, 11) is -2.11. The Hall–Kier alpha value is -1.15. The van der Waals surface area contributed by atoms with E-state index in [-0.39, 0.29) is 9.92 Å². The topological polar surface area (TPSA) is 68.3 Å². The second kappa shape index (κ2) is 7.41. The molecule has 1 aromatic heterocycles. The third kappa shape index (κ3) is 4.19. The van der Waals surface area contributed by atoms with E-state index in [2.05, 4.69) is 9.71 Å². The van der Waals surface area contributed by atoms with Crippen molar-refractivity contribution in [1.29, 1.82) is 0 Å². The molecule has 0 radical (unpaired) electrons. The standard InChI is InChI=1S/C14H17ClN2O3S2/c1-3-14-17-10(9-21-14)6-7-16-22(18,19)11-4-5-13(20-2)12(15)8-11/h4-5,8-9,16H,3,6-7H2,1-2H3. The molecule has 0 aliphatic carbocycles. The van der Waals surface area contributed by atoms with E-state index in [1.807, 2.05) is 12.3 Å². The van der Waals surface area contributed by atoms with Gasteiger partial charge in [0, 0.05) is 18.3 Å². The summed E-state index contributed by atoms with van der Waals surface area (Å²) in [4.78, 5) is 4.52. The smallest absolute Gasteiger partial charge is 0.240 e. The summed E-state index contributed by atoms with van der Waals surface area (Å²) < 4.78 is 32.0. The quantitative estimate of drug-likeness (QED) is 0.824. The number of hydrogen-bond donors (Lipinski definition) is 1. The van der Waals surface area contributed by atoms with Gasteiger partial charge in [0.25, 0.3) is 0 Å². The Morgan fingerprint density at radius 1 is 1.41 bits per heavy atom. The highest BCUT2D eigenvalue weighted by molar-refractivity contribution is 7.89. The molecule has 120 valence electrons. The number of aryl methyl sites for hydroxylation is 1. The van der Waals surface area contributed by atoms with Gasteiger partial charge in [-0.3, -0.25) is 0 Å². The molecule has 0 bridgehead atoms. The van der Waals surface area contributed by atoms with Crippen molar-refractivity contribution in [2.75, 3.05) is 13.7 Å². The number of hydrogen-bond acceptors (Lipinski definition) is 5. The van der Waals surface area contributed by atoms with Gasteiger partial charge < -0.3 is 4.74 Å². The summed E-state index contributed by atoms with van der Waals surface area (Å²) in [5, 5.41) is 3.27. The zero-order chi connectivity index (χ0) is 16.2. The van der Waals surface area contributed by atoms with Gasteiger partial charge in [-0.15, -0.1) is 11.3 Å². The Labute approximate surface area is 139 Å². The fourth-order valence-electron chi connectivity index (χ4n) is 1.84. The van der Waals surface area contributed by atoms with Crippen LogP contribution in [0.3, 0.4) is 0 Å². The Morgan fingerprint density at radius 3 is 2.77 bits per heavy atom. The number of rotatable bonds is 7. The lowest BCUT2D eigenvalue weighted by Gasteiger charge is -2.08. The van der Waals surface area contributed by atoms with E-state index >= 15 is 0 Å². The van der Waals surface area contributed by atoms with Crippen LogP contribution >= 0.6 is 22.9 Å². The number of ether oxygens (including phenoxy) is 1. The number of thiazole rings is 1. The normalized spacial score (nSPS) is 11.6. The van der Waals surface area contributed by atoms with Crippen molar-refractivity contribution in [2.24, 2.45) is 0 Å². The molecule has 5 nitrogen and oxygen atoms in total. The maximum atomic E-state index is 12.2. The highest BCUT2D eigenvalue weighted by Crippen LogP contribution is 2.26. The van der Waals surface area contributed by atoms with E-state index in [0.717, 1.165) is 17.1 Å². The first-order valence-corrected chi connectivity index (χ1v) is 9.47. The molecule has 0 spiro atoms. The molecule has 0 amide bonds. The number of nitrogens with zero attached hydrogens (tertiary/aromatic N) is 1. The van der Waals surface area contributed by atoms with E-state index in [9.17, 15) is 8.42 Å². The van der Waals surface area contributed by atoms with Crippen LogP contribution in [-0.2, 0) is 22.9 Å². The van der Waals surface area contributed by atoms with Crippen molar-refractivity contribution in [3.63, 3.8) is 0 Å². The van der Waals surface area contributed by atoms with E-state index < -0.39 is 10.0 Å². The molecule has 0 saturated carbocycles. The number of halogens is 1. The van der Waals surface area contributed by atoms with Gasteiger partial charge in [-0.05, 0) is 24.6 Å². The highest BCUT2D eigenvalue weighted by atomic mass is 35.5. The van der Waals surface area contributed by atoms with Gasteiger partial charge in [-0.25, -0.2) is 18.1 Å². The zero-order valence-corrected chi connectivity index (χ0v) is 14.7. The Morgan fingerprint density at radius 2 is 2.18 bits per heavy atom. The molecule has 8 heteroatoms. The summed E-state index contributed by atoms with van der Waals surface area (Å²) in [5.74, 6) is 0.440. The molecule has 0 atom stereocenters. The molecule has 22 heavy (non-hydrogen) atoms. The van der Waals surface area contributed by atoms with Gasteiger partial charge in [-0.1, -0.05) is 18.5 Å². The first-order valence-electron chi connectivity index (χ1n) is 6.72. The van der Waals surface area contributed by atoms with Crippen molar-refractivity contribution >= 4 is 33.0 Å². The molecular weight excluding hydrogens is 344 g/mol. The predicted molar refractivity (Wildman–Crippen MR) is 88.4 cm³/mol. The minimum Gasteiger partial charge on any atom is -0.495 e. The monoisotopic (exact) mass is 360 g/mol. The largest absolute Gasteiger partial charge is 0.495 e. The molecule has 2 rings (SSSR count). The van der Waals surface area contributed by atoms with Crippen molar-refractivity contribution in [2.45, 2.75) is 24.7 Å². The third-order valence-corrected chi connectivity index (χ3v) is 5.80. The average Bonchev–Trinajstić information content (AvgIpc) is 2.95. The van der Waals surface area contributed by atoms with E-state index in [4.69, 9.17) is 16.3 Å². The van der Waals surface area contributed by atoms with Gasteiger partial charge in [-0.2, -0.15) is 0 Å². The summed E-state index contributed by atoms with van der Waals surface area (Å²) in [6.07, 6.45) is 1.44. The summed E-state index contributed by atoms with van der Waals surface area (Å²) in [6, 6.07) is 4.37. The lowest BCUT2D eigenvalue weighted by atomic mass is 10.3. The van der Waals surface area contributed by atoms with Crippen molar-refractivity contribution in [3.05, 3.63) is 39.3 Å². The van der Waals surface area contributed by atoms with E-state index in [1.165, 1.54) is 25.3 Å². The molecule has 0 aliphatic heterocycles. The zero-order valence-electron chi connectivity index (χ0n) is 12.3. The molecule has 2 aromatic rings. The first-order chi connectivity index (χ1) is 10.5. The maximum absolute atomic E-state index is 12.2. The molecule has 1 N–H and O–H groups in total. The first kappa shape index (κ1) is 17.2. The number of benzene rings is 1. The van der Waals surface area contributed by atoms with Gasteiger partial charge in [0.2, 0.25) is 10.0 Å². The number of aromatic nitrogens is 1. The fourth-order valence-corrected chi connectivity index (χ4v) is 4.00. The van der Waals surface area contributed by atoms with Gasteiger partial charge >= 0.3 is 0 Å². The van der Waals surface area contributed by atoms with E-state index in [0.29, 0.717) is 18.7 Å². The van der Waals surface area contributed by atoms with Crippen molar-refractivity contribution in [3.8, 4) is 5.75 Å². The molecule has 1 heterocycles. The minimum atomic E-state index is -3.59. The number of nitrogens with one attached hydrogen (secondary N) is 1. The fraction of sp³-hybridized carbons (Fsp3) is 0.357. The Bertz CT molecular complexity index is 744. The van der Waals surface area contributed by atoms with Crippen LogP contribution in [0.1, 0.15) is 17.6 Å². The predicted octanol–water partition coefficient (Wildman–Crippen LogP) is 2.89. The maximum Gasteiger partial charge on any atom is 0.240 e. The molecule has 0 aliphatic rings. The van der Waals surface area contributed by atoms with Gasteiger partial charge in [0.05, 0.1) is 27.7 Å². The van der Waals surface area contributed by atoms with Gasteiger partial charge in [0.15, 0.2) is 0 Å². The summed E-state index contributed by atoms with van der Waals surface area (Å²) in [5.41, 5.74) is 0.900. The third-order valence-electron chi connectivity index (χ3n) is 3.01. The molecule has 0 unspecified atom stereocenters. The average molecular weight is 361 g/mol. The molecule has 0 saturated heterocycles. The number of methoxy groups -OCH3 is 1. The van der Waals surface area contributed by atoms with Gasteiger partial charge in [0.1, 0.15) is 5.75 Å². The molecular formula is C14H17ClN2O3S2. The van der Waals surface area contributed by atoms with Crippen LogP contribution < -0.4 is 9.46 Å². The van der Waals surface area contributed by atoms with Crippen LogP contribution in [0.15, 0.2) is 28.5 Å². The van der Waals surface area contributed by atoms with E-state index in [1.54, 1.807) is 11.3 Å².